The van der Waals surface area contributed by atoms with Crippen molar-refractivity contribution in [2.75, 3.05) is 16.8 Å². The van der Waals surface area contributed by atoms with E-state index in [2.05, 4.69) is 10.4 Å². The lowest BCUT2D eigenvalue weighted by atomic mass is 10.1. The Morgan fingerprint density at radius 3 is 2.54 bits per heavy atom. The highest BCUT2D eigenvalue weighted by Crippen LogP contribution is 2.27. The van der Waals surface area contributed by atoms with Gasteiger partial charge in [-0.25, -0.2) is 8.78 Å². The van der Waals surface area contributed by atoms with Crippen LogP contribution in [0, 0.1) is 29.9 Å². The van der Waals surface area contributed by atoms with E-state index in [0.29, 0.717) is 18.8 Å². The highest BCUT2D eigenvalue weighted by atomic mass is 19.1. The lowest BCUT2D eigenvalue weighted by Gasteiger charge is -2.18. The van der Waals surface area contributed by atoms with Crippen molar-refractivity contribution in [2.24, 2.45) is 7.05 Å². The quantitative estimate of drug-likeness (QED) is 0.935. The molecule has 1 amide bonds. The minimum atomic E-state index is -0.894. The summed E-state index contributed by atoms with van der Waals surface area (Å²) in [6.07, 6.45) is 0.405. The molecular weight excluding hydrogens is 316 g/mol. The van der Waals surface area contributed by atoms with Crippen molar-refractivity contribution in [3.05, 3.63) is 41.1 Å². The van der Waals surface area contributed by atoms with E-state index in [-0.39, 0.29) is 11.5 Å². The highest BCUT2D eigenvalue weighted by molar-refractivity contribution is 6.00. The molecule has 1 fully saturated rings. The van der Waals surface area contributed by atoms with Crippen LogP contribution in [0.5, 0.6) is 0 Å². The van der Waals surface area contributed by atoms with E-state index >= 15 is 0 Å². The number of amides is 1. The fraction of sp³-hybridized carbons (Fsp3) is 0.312. The van der Waals surface area contributed by atoms with Crippen LogP contribution >= 0.6 is 0 Å². The number of rotatable bonds is 3. The Hall–Kier alpha value is -2.95. The SMILES string of the molecule is Cc1cc(N2CCC(Nc3c(F)cc(C#N)cc3F)C2=O)n(C)n1. The summed E-state index contributed by atoms with van der Waals surface area (Å²) in [6, 6.07) is 4.60. The molecule has 24 heavy (non-hydrogen) atoms. The van der Waals surface area contributed by atoms with Crippen LogP contribution in [0.1, 0.15) is 17.7 Å². The summed E-state index contributed by atoms with van der Waals surface area (Å²) >= 11 is 0. The summed E-state index contributed by atoms with van der Waals surface area (Å²) in [6.45, 7) is 2.25. The van der Waals surface area contributed by atoms with E-state index in [1.165, 1.54) is 4.90 Å². The van der Waals surface area contributed by atoms with E-state index in [0.717, 1.165) is 17.8 Å². The molecule has 1 saturated heterocycles. The molecule has 2 heterocycles. The van der Waals surface area contributed by atoms with E-state index in [4.69, 9.17) is 5.26 Å². The maximum Gasteiger partial charge on any atom is 0.250 e. The topological polar surface area (TPSA) is 74.0 Å². The Kier molecular flexibility index (Phi) is 3.93. The molecule has 8 heteroatoms. The largest absolute Gasteiger partial charge is 0.369 e. The monoisotopic (exact) mass is 331 g/mol. The van der Waals surface area contributed by atoms with Crippen molar-refractivity contribution in [3.8, 4) is 6.07 Å². The maximum atomic E-state index is 14.0. The summed E-state index contributed by atoms with van der Waals surface area (Å²) in [5.74, 6) is -1.42. The van der Waals surface area contributed by atoms with Crippen molar-refractivity contribution >= 4 is 17.4 Å². The molecule has 1 aromatic heterocycles. The van der Waals surface area contributed by atoms with E-state index in [9.17, 15) is 13.6 Å². The molecule has 3 rings (SSSR count). The molecule has 0 spiro atoms. The molecule has 1 aliphatic heterocycles. The zero-order chi connectivity index (χ0) is 17.4. The first-order chi connectivity index (χ1) is 11.4. The molecule has 0 aliphatic carbocycles. The van der Waals surface area contributed by atoms with Gasteiger partial charge in [0.2, 0.25) is 0 Å². The zero-order valence-corrected chi connectivity index (χ0v) is 13.2. The van der Waals surface area contributed by atoms with Gasteiger partial charge in [0.25, 0.3) is 5.91 Å². The van der Waals surface area contributed by atoms with Crippen LogP contribution in [0.4, 0.5) is 20.3 Å². The van der Waals surface area contributed by atoms with Crippen molar-refractivity contribution in [3.63, 3.8) is 0 Å². The van der Waals surface area contributed by atoms with Gasteiger partial charge in [-0.15, -0.1) is 0 Å². The standard InChI is InChI=1S/C16H15F2N5O/c1-9-5-14(22(2)21-9)23-4-3-13(16(23)24)20-15-11(17)6-10(8-19)7-12(15)18/h5-7,13,20H,3-4H2,1-2H3. The van der Waals surface area contributed by atoms with Gasteiger partial charge in [0.05, 0.1) is 17.3 Å². The molecule has 0 radical (unpaired) electrons. The molecule has 1 aromatic carbocycles. The number of carbonyl (C=O) groups excluding carboxylic acids is 1. The minimum absolute atomic E-state index is 0.111. The summed E-state index contributed by atoms with van der Waals surface area (Å²) in [4.78, 5) is 14.1. The second-order valence-electron chi connectivity index (χ2n) is 5.67. The Labute approximate surface area is 137 Å². The lowest BCUT2D eigenvalue weighted by Crippen LogP contribution is -2.34. The first kappa shape index (κ1) is 15.9. The second-order valence-corrected chi connectivity index (χ2v) is 5.67. The van der Waals surface area contributed by atoms with E-state index < -0.39 is 23.4 Å². The van der Waals surface area contributed by atoms with Gasteiger partial charge in [0.15, 0.2) is 11.6 Å². The Bertz CT molecular complexity index is 832. The molecule has 1 unspecified atom stereocenters. The fourth-order valence-electron chi connectivity index (χ4n) is 2.84. The van der Waals surface area contributed by atoms with Gasteiger partial charge in [-0.1, -0.05) is 0 Å². The fourth-order valence-corrected chi connectivity index (χ4v) is 2.84. The molecule has 2 aromatic rings. The predicted octanol–water partition coefficient (Wildman–Crippen LogP) is 2.10. The average Bonchev–Trinajstić information content (AvgIpc) is 3.04. The van der Waals surface area contributed by atoms with Crippen LogP contribution in [0.25, 0.3) is 0 Å². The average molecular weight is 331 g/mol. The smallest absolute Gasteiger partial charge is 0.250 e. The second kappa shape index (κ2) is 5.92. The summed E-state index contributed by atoms with van der Waals surface area (Å²) < 4.78 is 29.5. The predicted molar refractivity (Wildman–Crippen MR) is 83.4 cm³/mol. The number of benzene rings is 1. The first-order valence-corrected chi connectivity index (χ1v) is 7.38. The van der Waals surface area contributed by atoms with Crippen LogP contribution in [0.3, 0.4) is 0 Å². The Morgan fingerprint density at radius 1 is 1.33 bits per heavy atom. The molecule has 124 valence electrons. The summed E-state index contributed by atoms with van der Waals surface area (Å²) in [5, 5.41) is 15.5. The third kappa shape index (κ3) is 2.69. The number of nitrogens with one attached hydrogen (secondary N) is 1. The number of anilines is 2. The molecule has 6 nitrogen and oxygen atoms in total. The number of hydrogen-bond donors (Lipinski definition) is 1. The van der Waals surface area contributed by atoms with Gasteiger partial charge in [-0.05, 0) is 25.5 Å². The Morgan fingerprint density at radius 2 is 2.00 bits per heavy atom. The third-order valence-corrected chi connectivity index (χ3v) is 3.95. The third-order valence-electron chi connectivity index (χ3n) is 3.95. The number of carbonyl (C=O) groups is 1. The van der Waals surface area contributed by atoms with Crippen LogP contribution in [0.15, 0.2) is 18.2 Å². The maximum absolute atomic E-state index is 14.0. The van der Waals surface area contributed by atoms with Gasteiger partial charge >= 0.3 is 0 Å². The zero-order valence-electron chi connectivity index (χ0n) is 13.2. The first-order valence-electron chi connectivity index (χ1n) is 7.38. The normalized spacial score (nSPS) is 17.2. The molecular formula is C16H15F2N5O. The van der Waals surface area contributed by atoms with Crippen molar-refractivity contribution in [2.45, 2.75) is 19.4 Å². The van der Waals surface area contributed by atoms with E-state index in [1.54, 1.807) is 23.9 Å². The van der Waals surface area contributed by atoms with Gasteiger partial charge in [0, 0.05) is 19.7 Å². The van der Waals surface area contributed by atoms with Crippen LogP contribution < -0.4 is 10.2 Å². The van der Waals surface area contributed by atoms with Crippen LogP contribution in [-0.4, -0.2) is 28.3 Å². The number of aryl methyl sites for hydroxylation is 2. The lowest BCUT2D eigenvalue weighted by molar-refractivity contribution is -0.117. The molecule has 0 saturated carbocycles. The van der Waals surface area contributed by atoms with Crippen molar-refractivity contribution in [1.82, 2.24) is 9.78 Å². The summed E-state index contributed by atoms with van der Waals surface area (Å²) in [5.41, 5.74) is 0.275. The van der Waals surface area contributed by atoms with Gasteiger partial charge in [-0.3, -0.25) is 14.4 Å². The minimum Gasteiger partial charge on any atom is -0.369 e. The van der Waals surface area contributed by atoms with Crippen molar-refractivity contribution < 1.29 is 13.6 Å². The number of nitriles is 1. The molecule has 1 aliphatic rings. The molecule has 1 N–H and O–H groups in total. The Balaban J connectivity index is 1.82. The number of aromatic nitrogens is 2. The highest BCUT2D eigenvalue weighted by Gasteiger charge is 2.35. The van der Waals surface area contributed by atoms with Gasteiger partial charge in [-0.2, -0.15) is 10.4 Å². The van der Waals surface area contributed by atoms with Crippen LogP contribution in [-0.2, 0) is 11.8 Å². The molecule has 0 bridgehead atoms. The van der Waals surface area contributed by atoms with Crippen LogP contribution in [0.2, 0.25) is 0 Å². The van der Waals surface area contributed by atoms with Gasteiger partial charge < -0.3 is 5.32 Å². The van der Waals surface area contributed by atoms with Gasteiger partial charge in [0.1, 0.15) is 17.5 Å². The number of hydrogen-bond acceptors (Lipinski definition) is 4. The van der Waals surface area contributed by atoms with Crippen molar-refractivity contribution in [1.29, 1.82) is 5.26 Å². The number of halogens is 2. The molecule has 1 atom stereocenters. The summed E-state index contributed by atoms with van der Waals surface area (Å²) in [7, 11) is 1.73. The van der Waals surface area contributed by atoms with E-state index in [1.807, 2.05) is 6.92 Å². The number of nitrogens with zero attached hydrogens (tertiary/aromatic N) is 4.